The summed E-state index contributed by atoms with van der Waals surface area (Å²) in [7, 11) is -0.963. The summed E-state index contributed by atoms with van der Waals surface area (Å²) in [4.78, 5) is 4.70. The lowest BCUT2D eigenvalue weighted by Gasteiger charge is -2.27. The van der Waals surface area contributed by atoms with E-state index >= 15 is 0 Å². The van der Waals surface area contributed by atoms with Gasteiger partial charge in [-0.05, 0) is 37.7 Å². The van der Waals surface area contributed by atoms with Crippen molar-refractivity contribution in [2.24, 2.45) is 5.92 Å². The Morgan fingerprint density at radius 1 is 1.41 bits per heavy atom. The van der Waals surface area contributed by atoms with Gasteiger partial charge < -0.3 is 5.73 Å². The summed E-state index contributed by atoms with van der Waals surface area (Å²) in [6.45, 7) is 2.24. The number of nitrogens with two attached hydrogens (primary N) is 1. The Morgan fingerprint density at radius 3 is 2.71 bits per heavy atom. The Labute approximate surface area is 105 Å². The van der Waals surface area contributed by atoms with Gasteiger partial charge in [0.2, 0.25) is 0 Å². The fraction of sp³-hybridized carbons (Fsp3) is 0.615. The minimum absolute atomic E-state index is 0.280. The molecular formula is C13H20N2OS. The van der Waals surface area contributed by atoms with Crippen LogP contribution in [0.3, 0.4) is 0 Å². The second-order valence-corrected chi connectivity index (χ2v) is 6.46. The molecule has 0 amide bonds. The van der Waals surface area contributed by atoms with Gasteiger partial charge in [-0.2, -0.15) is 0 Å². The molecule has 3 nitrogen and oxygen atoms in total. The molecule has 0 aromatic carbocycles. The van der Waals surface area contributed by atoms with Crippen molar-refractivity contribution in [1.29, 1.82) is 0 Å². The third kappa shape index (κ3) is 2.86. The summed E-state index contributed by atoms with van der Waals surface area (Å²) in [6.07, 6.45) is 9.04. The largest absolute Gasteiger partial charge is 0.396 e. The van der Waals surface area contributed by atoms with Gasteiger partial charge in [0.1, 0.15) is 0 Å². The summed E-state index contributed by atoms with van der Waals surface area (Å²) in [5.74, 6) is 0.832. The van der Waals surface area contributed by atoms with Crippen LogP contribution >= 0.6 is 0 Å². The molecular weight excluding hydrogens is 232 g/mol. The molecule has 1 aliphatic rings. The van der Waals surface area contributed by atoms with Gasteiger partial charge in [0.15, 0.2) is 0 Å². The monoisotopic (exact) mass is 252 g/mol. The number of nitrogens with zero attached hydrogens (tertiary/aromatic N) is 1. The molecule has 4 heteroatoms. The minimum atomic E-state index is -0.963. The first-order chi connectivity index (χ1) is 8.22. The number of hydrogen-bond donors (Lipinski definition) is 1. The number of nitrogen functional groups attached to an aromatic ring is 1. The molecule has 0 aliphatic heterocycles. The molecule has 0 bridgehead atoms. The highest BCUT2D eigenvalue weighted by molar-refractivity contribution is 7.85. The lowest BCUT2D eigenvalue weighted by molar-refractivity contribution is 0.353. The Hall–Kier alpha value is -0.900. The lowest BCUT2D eigenvalue weighted by Crippen LogP contribution is -2.23. The van der Waals surface area contributed by atoms with Gasteiger partial charge in [0, 0.05) is 11.4 Å². The molecule has 1 heterocycles. The van der Waals surface area contributed by atoms with Crippen LogP contribution in [-0.2, 0) is 10.8 Å². The summed E-state index contributed by atoms with van der Waals surface area (Å²) in [5.41, 5.74) is 6.38. The van der Waals surface area contributed by atoms with E-state index in [9.17, 15) is 4.21 Å². The Bertz CT molecular complexity index is 400. The first kappa shape index (κ1) is 12.6. The number of hydrogen-bond acceptors (Lipinski definition) is 3. The van der Waals surface area contributed by atoms with Crippen LogP contribution in [0.4, 0.5) is 5.69 Å². The zero-order valence-electron chi connectivity index (χ0n) is 10.3. The van der Waals surface area contributed by atoms with Crippen molar-refractivity contribution >= 4 is 16.5 Å². The first-order valence-electron chi connectivity index (χ1n) is 6.32. The van der Waals surface area contributed by atoms with E-state index in [-0.39, 0.29) is 5.25 Å². The Balaban J connectivity index is 2.04. The van der Waals surface area contributed by atoms with Gasteiger partial charge in [-0.25, -0.2) is 0 Å². The van der Waals surface area contributed by atoms with Crippen LogP contribution in [-0.4, -0.2) is 14.4 Å². The highest BCUT2D eigenvalue weighted by atomic mass is 32.2. The van der Waals surface area contributed by atoms with E-state index in [2.05, 4.69) is 11.9 Å². The molecule has 1 aromatic heterocycles. The minimum Gasteiger partial charge on any atom is -0.396 e. The highest BCUT2D eigenvalue weighted by Crippen LogP contribution is 2.32. The molecule has 1 saturated carbocycles. The third-order valence-corrected chi connectivity index (χ3v) is 5.58. The van der Waals surface area contributed by atoms with E-state index in [0.717, 1.165) is 23.7 Å². The molecule has 1 aromatic rings. The van der Waals surface area contributed by atoms with Gasteiger partial charge >= 0.3 is 0 Å². The lowest BCUT2D eigenvalue weighted by atomic mass is 9.87. The van der Waals surface area contributed by atoms with Crippen LogP contribution < -0.4 is 5.73 Å². The third-order valence-electron chi connectivity index (χ3n) is 3.70. The molecule has 1 unspecified atom stereocenters. The van der Waals surface area contributed by atoms with E-state index in [4.69, 9.17) is 5.73 Å². The molecule has 2 rings (SSSR count). The number of rotatable bonds is 3. The number of aromatic nitrogens is 1. The molecule has 1 fully saturated rings. The maximum atomic E-state index is 12.4. The zero-order chi connectivity index (χ0) is 12.3. The van der Waals surface area contributed by atoms with Crippen LogP contribution in [0.25, 0.3) is 0 Å². The summed E-state index contributed by atoms with van der Waals surface area (Å²) < 4.78 is 12.4. The van der Waals surface area contributed by atoms with Crippen molar-refractivity contribution in [3.8, 4) is 0 Å². The van der Waals surface area contributed by atoms with Crippen molar-refractivity contribution in [1.82, 2.24) is 4.98 Å². The summed E-state index contributed by atoms with van der Waals surface area (Å²) in [6, 6.07) is 1.79. The normalized spacial score (nSPS) is 26.6. The SMILES string of the molecule is CCC1CCC(S(=O)c2ccncc2N)CC1. The van der Waals surface area contributed by atoms with Crippen LogP contribution in [0, 0.1) is 5.92 Å². The molecule has 17 heavy (non-hydrogen) atoms. The van der Waals surface area contributed by atoms with Crippen LogP contribution in [0.5, 0.6) is 0 Å². The van der Waals surface area contributed by atoms with Crippen molar-refractivity contribution < 1.29 is 4.21 Å². The van der Waals surface area contributed by atoms with E-state index in [1.807, 2.05) is 0 Å². The fourth-order valence-corrected chi connectivity index (χ4v) is 4.05. The van der Waals surface area contributed by atoms with Crippen LogP contribution in [0.15, 0.2) is 23.4 Å². The Morgan fingerprint density at radius 2 is 2.12 bits per heavy atom. The van der Waals surface area contributed by atoms with Crippen molar-refractivity contribution in [2.75, 3.05) is 5.73 Å². The summed E-state index contributed by atoms with van der Waals surface area (Å²) in [5, 5.41) is 0.280. The molecule has 0 spiro atoms. The second-order valence-electron chi connectivity index (χ2n) is 4.76. The Kier molecular flexibility index (Phi) is 4.15. The first-order valence-corrected chi connectivity index (χ1v) is 7.53. The quantitative estimate of drug-likeness (QED) is 0.900. The summed E-state index contributed by atoms with van der Waals surface area (Å²) >= 11 is 0. The molecule has 0 radical (unpaired) electrons. The predicted molar refractivity (Wildman–Crippen MR) is 71.1 cm³/mol. The topological polar surface area (TPSA) is 56.0 Å². The van der Waals surface area contributed by atoms with Gasteiger partial charge in [-0.15, -0.1) is 0 Å². The maximum Gasteiger partial charge on any atom is 0.0664 e. The molecule has 2 N–H and O–H groups in total. The van der Waals surface area contributed by atoms with Crippen molar-refractivity contribution in [3.63, 3.8) is 0 Å². The van der Waals surface area contributed by atoms with E-state index in [1.165, 1.54) is 19.3 Å². The standard InChI is InChI=1S/C13H20N2OS/c1-2-10-3-5-11(6-4-10)17(16)13-7-8-15-9-12(13)14/h7-11H,2-6,14H2,1H3. The van der Waals surface area contributed by atoms with Crippen LogP contribution in [0.1, 0.15) is 39.0 Å². The van der Waals surface area contributed by atoms with Gasteiger partial charge in [0.05, 0.1) is 27.6 Å². The van der Waals surface area contributed by atoms with Gasteiger partial charge in [-0.3, -0.25) is 9.19 Å². The van der Waals surface area contributed by atoms with E-state index in [0.29, 0.717) is 5.69 Å². The second kappa shape index (κ2) is 5.63. The zero-order valence-corrected chi connectivity index (χ0v) is 11.1. The molecule has 0 saturated heterocycles. The van der Waals surface area contributed by atoms with Crippen molar-refractivity contribution in [3.05, 3.63) is 18.5 Å². The van der Waals surface area contributed by atoms with E-state index < -0.39 is 10.8 Å². The van der Waals surface area contributed by atoms with Gasteiger partial charge in [-0.1, -0.05) is 13.3 Å². The number of anilines is 1. The number of pyridine rings is 1. The van der Waals surface area contributed by atoms with Crippen LogP contribution in [0.2, 0.25) is 0 Å². The molecule has 94 valence electrons. The average Bonchev–Trinajstić information content (AvgIpc) is 2.39. The van der Waals surface area contributed by atoms with E-state index in [1.54, 1.807) is 18.5 Å². The smallest absolute Gasteiger partial charge is 0.0664 e. The maximum absolute atomic E-state index is 12.4. The van der Waals surface area contributed by atoms with Crippen molar-refractivity contribution in [2.45, 2.75) is 49.2 Å². The van der Waals surface area contributed by atoms with Gasteiger partial charge in [0.25, 0.3) is 0 Å². The highest BCUT2D eigenvalue weighted by Gasteiger charge is 2.26. The average molecular weight is 252 g/mol. The molecule has 1 aliphatic carbocycles. The molecule has 1 atom stereocenters. The fourth-order valence-electron chi connectivity index (χ4n) is 2.51. The predicted octanol–water partition coefficient (Wildman–Crippen LogP) is 2.74.